The molecule has 32 heavy (non-hydrogen) atoms. The molecule has 0 fully saturated rings. The predicted molar refractivity (Wildman–Crippen MR) is 135 cm³/mol. The van der Waals surface area contributed by atoms with Gasteiger partial charge in [0, 0.05) is 26.5 Å². The lowest BCUT2D eigenvalue weighted by Gasteiger charge is -2.12. The van der Waals surface area contributed by atoms with Crippen LogP contribution in [0.5, 0.6) is 0 Å². The second-order valence-electron chi connectivity index (χ2n) is 6.78. The average molecular weight is 530 g/mol. The molecule has 2 N–H and O–H groups in total. The highest BCUT2D eigenvalue weighted by Crippen LogP contribution is 2.28. The number of carbonyl (C=O) groups is 1. The molecule has 0 bridgehead atoms. The molecule has 0 aromatic heterocycles. The van der Waals surface area contributed by atoms with Crippen molar-refractivity contribution in [3.8, 4) is 0 Å². The average Bonchev–Trinajstić information content (AvgIpc) is 2.74. The van der Waals surface area contributed by atoms with Crippen LogP contribution in [0.25, 0.3) is 0 Å². The zero-order valence-electron chi connectivity index (χ0n) is 16.9. The van der Waals surface area contributed by atoms with Gasteiger partial charge < -0.3 is 5.32 Å². The van der Waals surface area contributed by atoms with Crippen molar-refractivity contribution >= 4 is 73.9 Å². The highest BCUT2D eigenvalue weighted by molar-refractivity contribution is 7.99. The maximum atomic E-state index is 12.7. The van der Waals surface area contributed by atoms with Gasteiger partial charge in [0.2, 0.25) is 5.91 Å². The van der Waals surface area contributed by atoms with Gasteiger partial charge in [-0.15, -0.1) is 11.8 Å². The van der Waals surface area contributed by atoms with Gasteiger partial charge in [-0.1, -0.05) is 46.9 Å². The lowest BCUT2D eigenvalue weighted by Crippen LogP contribution is -2.15. The van der Waals surface area contributed by atoms with Crippen LogP contribution >= 0.6 is 46.6 Å². The fraction of sp³-hybridized carbons (Fsp3) is 0.136. The van der Waals surface area contributed by atoms with Crippen LogP contribution < -0.4 is 10.0 Å². The van der Waals surface area contributed by atoms with Crippen molar-refractivity contribution < 1.29 is 13.2 Å². The quantitative estimate of drug-likeness (QED) is 0.343. The SMILES string of the molecule is Cc1c(Cl)cccc1NS(=O)(=O)c1ccc(NC(=O)CSCc2c(Cl)cccc2Cl)cc1. The zero-order chi connectivity index (χ0) is 23.3. The molecule has 5 nitrogen and oxygen atoms in total. The normalized spacial score (nSPS) is 11.2. The topological polar surface area (TPSA) is 75.3 Å². The summed E-state index contributed by atoms with van der Waals surface area (Å²) >= 11 is 19.7. The Morgan fingerprint density at radius 1 is 0.906 bits per heavy atom. The van der Waals surface area contributed by atoms with Gasteiger partial charge in [-0.3, -0.25) is 9.52 Å². The largest absolute Gasteiger partial charge is 0.325 e. The summed E-state index contributed by atoms with van der Waals surface area (Å²) in [6, 6.07) is 16.2. The molecular formula is C22H19Cl3N2O3S2. The smallest absolute Gasteiger partial charge is 0.261 e. The van der Waals surface area contributed by atoms with Gasteiger partial charge in [-0.05, 0) is 66.6 Å². The van der Waals surface area contributed by atoms with Crippen LogP contribution in [0.1, 0.15) is 11.1 Å². The summed E-state index contributed by atoms with van der Waals surface area (Å²) in [5.74, 6) is 0.469. The third kappa shape index (κ3) is 6.33. The van der Waals surface area contributed by atoms with E-state index >= 15 is 0 Å². The van der Waals surface area contributed by atoms with Crippen LogP contribution in [0.3, 0.4) is 0 Å². The molecule has 0 spiro atoms. The van der Waals surface area contributed by atoms with Crippen molar-refractivity contribution in [2.75, 3.05) is 15.8 Å². The fourth-order valence-electron chi connectivity index (χ4n) is 2.75. The minimum Gasteiger partial charge on any atom is -0.325 e. The van der Waals surface area contributed by atoms with Crippen LogP contribution in [0.4, 0.5) is 11.4 Å². The summed E-state index contributed by atoms with van der Waals surface area (Å²) in [6.45, 7) is 1.73. The van der Waals surface area contributed by atoms with Crippen molar-refractivity contribution in [3.63, 3.8) is 0 Å². The molecule has 0 aliphatic carbocycles. The van der Waals surface area contributed by atoms with E-state index in [2.05, 4.69) is 10.0 Å². The third-order valence-electron chi connectivity index (χ3n) is 4.50. The van der Waals surface area contributed by atoms with E-state index in [0.717, 1.165) is 5.56 Å². The van der Waals surface area contributed by atoms with E-state index in [1.807, 2.05) is 0 Å². The van der Waals surface area contributed by atoms with E-state index in [1.165, 1.54) is 36.0 Å². The molecule has 3 rings (SSSR count). The van der Waals surface area contributed by atoms with E-state index in [1.54, 1.807) is 43.3 Å². The van der Waals surface area contributed by atoms with Gasteiger partial charge in [0.25, 0.3) is 10.0 Å². The molecule has 0 aliphatic heterocycles. The molecule has 168 valence electrons. The monoisotopic (exact) mass is 528 g/mol. The number of anilines is 2. The molecule has 0 atom stereocenters. The number of amides is 1. The Kier molecular flexibility index (Phi) is 8.36. The van der Waals surface area contributed by atoms with E-state index in [-0.39, 0.29) is 16.6 Å². The Balaban J connectivity index is 1.58. The Morgan fingerprint density at radius 2 is 1.50 bits per heavy atom. The van der Waals surface area contributed by atoms with Crippen molar-refractivity contribution in [2.45, 2.75) is 17.6 Å². The van der Waals surface area contributed by atoms with Gasteiger partial charge in [0.1, 0.15) is 0 Å². The molecule has 0 aliphatic rings. The number of benzene rings is 3. The van der Waals surface area contributed by atoms with Crippen molar-refractivity contribution in [1.29, 1.82) is 0 Å². The molecule has 0 unspecified atom stereocenters. The Morgan fingerprint density at radius 3 is 2.16 bits per heavy atom. The second-order valence-corrected chi connectivity index (χ2v) is 10.7. The van der Waals surface area contributed by atoms with E-state index in [4.69, 9.17) is 34.8 Å². The molecule has 3 aromatic carbocycles. The first-order valence-corrected chi connectivity index (χ1v) is 13.1. The zero-order valence-corrected chi connectivity index (χ0v) is 20.8. The van der Waals surface area contributed by atoms with Gasteiger partial charge in [0.15, 0.2) is 0 Å². The fourth-order valence-corrected chi connectivity index (χ4v) is 5.61. The maximum absolute atomic E-state index is 12.7. The first-order valence-electron chi connectivity index (χ1n) is 9.36. The summed E-state index contributed by atoms with van der Waals surface area (Å²) in [4.78, 5) is 12.3. The number of carbonyl (C=O) groups excluding carboxylic acids is 1. The molecule has 3 aromatic rings. The molecular weight excluding hydrogens is 511 g/mol. The Bertz CT molecular complexity index is 1210. The van der Waals surface area contributed by atoms with E-state index < -0.39 is 10.0 Å². The number of thioether (sulfide) groups is 1. The second kappa shape index (κ2) is 10.8. The minimum atomic E-state index is -3.80. The first-order chi connectivity index (χ1) is 15.2. The van der Waals surface area contributed by atoms with Gasteiger partial charge in [-0.2, -0.15) is 0 Å². The first kappa shape index (κ1) is 24.7. The number of rotatable bonds is 8. The molecule has 0 radical (unpaired) electrons. The van der Waals surface area contributed by atoms with Crippen molar-refractivity contribution in [3.05, 3.63) is 86.9 Å². The highest BCUT2D eigenvalue weighted by atomic mass is 35.5. The predicted octanol–water partition coefficient (Wildman–Crippen LogP) is 6.63. The van der Waals surface area contributed by atoms with E-state index in [9.17, 15) is 13.2 Å². The Hall–Kier alpha value is -1.90. The number of hydrogen-bond acceptors (Lipinski definition) is 4. The van der Waals surface area contributed by atoms with Crippen molar-refractivity contribution in [2.24, 2.45) is 0 Å². The highest BCUT2D eigenvalue weighted by Gasteiger charge is 2.16. The van der Waals surface area contributed by atoms with Crippen LogP contribution in [0.15, 0.2) is 65.6 Å². The summed E-state index contributed by atoms with van der Waals surface area (Å²) in [7, 11) is -3.80. The van der Waals surface area contributed by atoms with Crippen LogP contribution in [0.2, 0.25) is 15.1 Å². The lowest BCUT2D eigenvalue weighted by atomic mass is 10.2. The number of halogens is 3. The van der Waals surface area contributed by atoms with Crippen molar-refractivity contribution in [1.82, 2.24) is 0 Å². The number of nitrogens with one attached hydrogen (secondary N) is 2. The van der Waals surface area contributed by atoms with Gasteiger partial charge >= 0.3 is 0 Å². The molecule has 0 saturated heterocycles. The third-order valence-corrected chi connectivity index (χ3v) is 7.96. The van der Waals surface area contributed by atoms with Gasteiger partial charge in [-0.25, -0.2) is 8.42 Å². The van der Waals surface area contributed by atoms with Gasteiger partial charge in [0.05, 0.1) is 16.3 Å². The minimum absolute atomic E-state index is 0.0672. The Labute approximate surface area is 206 Å². The lowest BCUT2D eigenvalue weighted by molar-refractivity contribution is -0.113. The molecule has 10 heteroatoms. The summed E-state index contributed by atoms with van der Waals surface area (Å²) in [6.07, 6.45) is 0. The van der Waals surface area contributed by atoms with Crippen LogP contribution in [0, 0.1) is 6.92 Å². The molecule has 0 saturated carbocycles. The summed E-state index contributed by atoms with van der Waals surface area (Å²) in [5, 5.41) is 4.33. The maximum Gasteiger partial charge on any atom is 0.261 e. The van der Waals surface area contributed by atoms with Crippen LogP contribution in [-0.2, 0) is 20.6 Å². The number of hydrogen-bond donors (Lipinski definition) is 2. The molecule has 1 amide bonds. The van der Waals surface area contributed by atoms with Crippen LogP contribution in [-0.4, -0.2) is 20.1 Å². The molecule has 0 heterocycles. The van der Waals surface area contributed by atoms with E-state index in [0.29, 0.717) is 37.8 Å². The standard InChI is InChI=1S/C22H19Cl3N2O3S2/c1-14-18(23)4-3-7-21(14)27-32(29,30)16-10-8-15(9-11-16)26-22(28)13-31-12-17-19(24)5-2-6-20(17)25/h2-11,27H,12-13H2,1H3,(H,26,28). The summed E-state index contributed by atoms with van der Waals surface area (Å²) < 4.78 is 27.9. The number of sulfonamides is 1. The summed E-state index contributed by atoms with van der Waals surface area (Å²) in [5.41, 5.74) is 2.32.